The second kappa shape index (κ2) is 5.85. The quantitative estimate of drug-likeness (QED) is 0.926. The van der Waals surface area contributed by atoms with Crippen molar-refractivity contribution in [1.29, 1.82) is 0 Å². The highest BCUT2D eigenvalue weighted by molar-refractivity contribution is 5.74. The van der Waals surface area contributed by atoms with Crippen molar-refractivity contribution in [2.45, 2.75) is 37.3 Å². The van der Waals surface area contributed by atoms with Crippen LogP contribution in [0.1, 0.15) is 25.7 Å². The molecule has 0 aromatic heterocycles. The van der Waals surface area contributed by atoms with Crippen LogP contribution in [0.2, 0.25) is 0 Å². The molecule has 0 radical (unpaired) electrons. The molecule has 2 N–H and O–H groups in total. The van der Waals surface area contributed by atoms with Crippen molar-refractivity contribution in [3.05, 3.63) is 24.3 Å². The van der Waals surface area contributed by atoms with E-state index in [4.69, 9.17) is 10.5 Å². The first-order chi connectivity index (χ1) is 10.2. The summed E-state index contributed by atoms with van der Waals surface area (Å²) in [6.45, 7) is 2.84. The average molecular weight is 289 g/mol. The number of anilines is 2. The highest BCUT2D eigenvalue weighted by Gasteiger charge is 2.41. The zero-order valence-electron chi connectivity index (χ0n) is 13.2. The summed E-state index contributed by atoms with van der Waals surface area (Å²) in [6, 6.07) is 8.71. The number of rotatable bonds is 3. The van der Waals surface area contributed by atoms with Gasteiger partial charge in [-0.3, -0.25) is 0 Å². The van der Waals surface area contributed by atoms with Gasteiger partial charge in [-0.15, -0.1) is 0 Å². The fraction of sp³-hybridized carbons (Fsp3) is 0.647. The molecule has 1 saturated carbocycles. The van der Waals surface area contributed by atoms with E-state index in [1.807, 2.05) is 7.11 Å². The first-order valence-electron chi connectivity index (χ1n) is 8.01. The van der Waals surface area contributed by atoms with Gasteiger partial charge in [-0.2, -0.15) is 0 Å². The van der Waals surface area contributed by atoms with Crippen molar-refractivity contribution in [2.24, 2.45) is 5.73 Å². The Hall–Kier alpha value is -1.26. The first-order valence-corrected chi connectivity index (χ1v) is 8.01. The van der Waals surface area contributed by atoms with E-state index in [0.717, 1.165) is 45.3 Å². The Balaban J connectivity index is 1.90. The standard InChI is InChI=1S/C17H27N3O/c1-19-11-12-20(16-6-4-3-5-15(16)19)17(13-18)9-7-14(21-2)8-10-17/h3-6,14H,7-13,18H2,1-2H3. The highest BCUT2D eigenvalue weighted by Crippen LogP contribution is 2.42. The molecule has 21 heavy (non-hydrogen) atoms. The normalized spacial score (nSPS) is 29.4. The van der Waals surface area contributed by atoms with Gasteiger partial charge in [0.1, 0.15) is 0 Å². The zero-order chi connectivity index (χ0) is 14.9. The van der Waals surface area contributed by atoms with Crippen LogP contribution in [0.25, 0.3) is 0 Å². The van der Waals surface area contributed by atoms with Crippen LogP contribution >= 0.6 is 0 Å². The molecule has 1 aromatic rings. The molecule has 1 heterocycles. The maximum atomic E-state index is 6.25. The van der Waals surface area contributed by atoms with Gasteiger partial charge >= 0.3 is 0 Å². The average Bonchev–Trinajstić information content (AvgIpc) is 2.55. The number of para-hydroxylation sites is 2. The second-order valence-corrected chi connectivity index (χ2v) is 6.43. The first kappa shape index (κ1) is 14.7. The molecule has 4 heteroatoms. The molecule has 116 valence electrons. The third-order valence-corrected chi connectivity index (χ3v) is 5.39. The van der Waals surface area contributed by atoms with E-state index in [1.165, 1.54) is 11.4 Å². The van der Waals surface area contributed by atoms with E-state index in [1.54, 1.807) is 0 Å². The molecule has 0 spiro atoms. The zero-order valence-corrected chi connectivity index (χ0v) is 13.2. The summed E-state index contributed by atoms with van der Waals surface area (Å²) in [5.74, 6) is 0. The van der Waals surface area contributed by atoms with Gasteiger partial charge in [-0.25, -0.2) is 0 Å². The summed E-state index contributed by atoms with van der Waals surface area (Å²) in [5.41, 5.74) is 9.02. The van der Waals surface area contributed by atoms with Crippen LogP contribution in [0.3, 0.4) is 0 Å². The fourth-order valence-corrected chi connectivity index (χ4v) is 3.95. The fourth-order valence-electron chi connectivity index (χ4n) is 3.95. The van der Waals surface area contributed by atoms with Crippen molar-refractivity contribution in [2.75, 3.05) is 43.6 Å². The number of hydrogen-bond donors (Lipinski definition) is 1. The minimum atomic E-state index is 0.104. The van der Waals surface area contributed by atoms with Crippen LogP contribution in [0.15, 0.2) is 24.3 Å². The molecular weight excluding hydrogens is 262 g/mol. The molecule has 0 saturated heterocycles. The van der Waals surface area contributed by atoms with Crippen LogP contribution in [-0.4, -0.2) is 45.4 Å². The molecule has 1 aliphatic heterocycles. The Kier molecular flexibility index (Phi) is 4.09. The highest BCUT2D eigenvalue weighted by atomic mass is 16.5. The molecular formula is C17H27N3O. The van der Waals surface area contributed by atoms with Crippen LogP contribution in [0, 0.1) is 0 Å². The number of benzene rings is 1. The third-order valence-electron chi connectivity index (χ3n) is 5.39. The monoisotopic (exact) mass is 289 g/mol. The lowest BCUT2D eigenvalue weighted by Gasteiger charge is -2.52. The van der Waals surface area contributed by atoms with Crippen molar-refractivity contribution < 1.29 is 4.74 Å². The van der Waals surface area contributed by atoms with Crippen LogP contribution in [0.4, 0.5) is 11.4 Å². The lowest BCUT2D eigenvalue weighted by Crippen LogP contribution is -2.59. The van der Waals surface area contributed by atoms with Crippen molar-refractivity contribution >= 4 is 11.4 Å². The van der Waals surface area contributed by atoms with Crippen molar-refractivity contribution in [3.63, 3.8) is 0 Å². The molecule has 0 bridgehead atoms. The Labute approximate surface area is 127 Å². The summed E-state index contributed by atoms with van der Waals surface area (Å²) >= 11 is 0. The number of hydrogen-bond acceptors (Lipinski definition) is 4. The molecule has 0 unspecified atom stereocenters. The van der Waals surface area contributed by atoms with Gasteiger partial charge in [0.15, 0.2) is 0 Å². The molecule has 1 fully saturated rings. The Morgan fingerprint density at radius 3 is 2.48 bits per heavy atom. The summed E-state index contributed by atoms with van der Waals surface area (Å²) in [6.07, 6.45) is 4.89. The van der Waals surface area contributed by atoms with Gasteiger partial charge < -0.3 is 20.3 Å². The Bertz CT molecular complexity index is 483. The third kappa shape index (κ3) is 2.51. The topological polar surface area (TPSA) is 41.7 Å². The van der Waals surface area contributed by atoms with Gasteiger partial charge in [-0.1, -0.05) is 12.1 Å². The van der Waals surface area contributed by atoms with E-state index in [0.29, 0.717) is 6.10 Å². The number of ether oxygens (including phenoxy) is 1. The van der Waals surface area contributed by atoms with Crippen molar-refractivity contribution in [1.82, 2.24) is 0 Å². The van der Waals surface area contributed by atoms with Crippen LogP contribution in [-0.2, 0) is 4.74 Å². The van der Waals surface area contributed by atoms with Crippen LogP contribution in [0.5, 0.6) is 0 Å². The van der Waals surface area contributed by atoms with E-state index in [-0.39, 0.29) is 5.54 Å². The Morgan fingerprint density at radius 1 is 1.19 bits per heavy atom. The molecule has 4 nitrogen and oxygen atoms in total. The largest absolute Gasteiger partial charge is 0.381 e. The van der Waals surface area contributed by atoms with E-state index < -0.39 is 0 Å². The minimum Gasteiger partial charge on any atom is -0.381 e. The maximum absolute atomic E-state index is 6.25. The van der Waals surface area contributed by atoms with Crippen LogP contribution < -0.4 is 15.5 Å². The van der Waals surface area contributed by atoms with E-state index in [2.05, 4.69) is 41.1 Å². The maximum Gasteiger partial charge on any atom is 0.0609 e. The second-order valence-electron chi connectivity index (χ2n) is 6.43. The molecule has 3 rings (SSSR count). The number of fused-ring (bicyclic) bond motifs is 1. The van der Waals surface area contributed by atoms with E-state index in [9.17, 15) is 0 Å². The molecule has 1 aliphatic carbocycles. The van der Waals surface area contributed by atoms with Gasteiger partial charge in [0.05, 0.1) is 23.0 Å². The SMILES string of the molecule is COC1CCC(CN)(N2CCN(C)c3ccccc32)CC1. The van der Waals surface area contributed by atoms with Gasteiger partial charge in [0, 0.05) is 33.8 Å². The lowest BCUT2D eigenvalue weighted by molar-refractivity contribution is 0.0495. The number of likely N-dealkylation sites (N-methyl/N-ethyl adjacent to an activating group) is 1. The molecule has 0 atom stereocenters. The van der Waals surface area contributed by atoms with E-state index >= 15 is 0 Å². The smallest absolute Gasteiger partial charge is 0.0609 e. The molecule has 0 amide bonds. The number of methoxy groups -OCH3 is 1. The summed E-state index contributed by atoms with van der Waals surface area (Å²) < 4.78 is 5.54. The summed E-state index contributed by atoms with van der Waals surface area (Å²) in [7, 11) is 4.00. The van der Waals surface area contributed by atoms with Crippen molar-refractivity contribution in [3.8, 4) is 0 Å². The number of nitrogens with zero attached hydrogens (tertiary/aromatic N) is 2. The summed E-state index contributed by atoms with van der Waals surface area (Å²) in [5, 5.41) is 0. The Morgan fingerprint density at radius 2 is 1.86 bits per heavy atom. The molecule has 2 aliphatic rings. The molecule has 1 aromatic carbocycles. The van der Waals surface area contributed by atoms with Gasteiger partial charge in [0.25, 0.3) is 0 Å². The summed E-state index contributed by atoms with van der Waals surface area (Å²) in [4.78, 5) is 4.92. The number of nitrogens with two attached hydrogens (primary N) is 1. The van der Waals surface area contributed by atoms with Gasteiger partial charge in [-0.05, 0) is 37.8 Å². The predicted molar refractivity (Wildman–Crippen MR) is 88.1 cm³/mol. The predicted octanol–water partition coefficient (Wildman–Crippen LogP) is 2.23. The van der Waals surface area contributed by atoms with Gasteiger partial charge in [0.2, 0.25) is 0 Å². The lowest BCUT2D eigenvalue weighted by atomic mass is 9.78. The minimum absolute atomic E-state index is 0.104.